The molecule has 0 heterocycles. The predicted molar refractivity (Wildman–Crippen MR) is 20.9 cm³/mol. The van der Waals surface area contributed by atoms with E-state index in [4.69, 9.17) is 4.11 Å². The Morgan fingerprint density at radius 1 is 2.00 bits per heavy atom. The molecule has 0 unspecified atom stereocenters. The first kappa shape index (κ1) is 1.25. The van der Waals surface area contributed by atoms with Gasteiger partial charge in [0.1, 0.15) is 6.29 Å². The van der Waals surface area contributed by atoms with Gasteiger partial charge in [0.05, 0.1) is 0 Å². The van der Waals surface area contributed by atoms with E-state index in [0.717, 1.165) is 12.2 Å². The van der Waals surface area contributed by atoms with Crippen molar-refractivity contribution in [3.63, 3.8) is 0 Å². The fraction of sp³-hybridized carbons (Fsp3) is 0.250. The molecule has 0 aliphatic rings. The number of carbonyl (C=O) groups is 1. The molecular formula is C4H6O. The number of hydrogen-bond donors (Lipinski definition) is 0. The van der Waals surface area contributed by atoms with E-state index in [-0.39, 0.29) is 0 Å². The largest absolute Gasteiger partial charge is 0.299 e. The zero-order valence-electron chi connectivity index (χ0n) is 5.64. The van der Waals surface area contributed by atoms with Crippen molar-refractivity contribution < 1.29 is 8.91 Å². The molecule has 0 spiro atoms. The van der Waals surface area contributed by atoms with Gasteiger partial charge in [-0.3, -0.25) is 4.79 Å². The van der Waals surface area contributed by atoms with Crippen LogP contribution in [0.1, 0.15) is 11.0 Å². The molecule has 0 rings (SSSR count). The van der Waals surface area contributed by atoms with Gasteiger partial charge in [-0.05, 0) is 12.9 Å². The minimum atomic E-state index is -2.11. The molecule has 0 radical (unpaired) electrons. The molecule has 1 nitrogen and oxygen atoms in total. The zero-order chi connectivity index (χ0) is 6.62. The van der Waals surface area contributed by atoms with E-state index in [1.54, 1.807) is 0 Å². The summed E-state index contributed by atoms with van der Waals surface area (Å²) in [5.74, 6) is 0. The fourth-order valence-corrected chi connectivity index (χ4v) is 0.0393. The van der Waals surface area contributed by atoms with E-state index in [1.807, 2.05) is 0 Å². The van der Waals surface area contributed by atoms with Crippen LogP contribution in [0, 0.1) is 0 Å². The maximum Gasteiger partial charge on any atom is 0.142 e. The summed E-state index contributed by atoms with van der Waals surface area (Å²) in [6.07, 6.45) is 2.28. The van der Waals surface area contributed by atoms with Crippen molar-refractivity contribution in [3.05, 3.63) is 12.2 Å². The fourth-order valence-electron chi connectivity index (χ4n) is 0.0393. The average Bonchev–Trinajstić information content (AvgIpc) is 1.59. The lowest BCUT2D eigenvalue weighted by Gasteiger charge is -1.51. The Balaban J connectivity index is 3.69. The molecule has 0 bridgehead atoms. The van der Waals surface area contributed by atoms with Crippen molar-refractivity contribution >= 4 is 6.29 Å². The standard InChI is InChI=1S/C4H6O/c1-2-3-4-5/h2-4H,1H3/i1D3. The molecule has 0 aliphatic heterocycles. The summed E-state index contributed by atoms with van der Waals surface area (Å²) in [6, 6.07) is 0. The Morgan fingerprint density at radius 3 is 3.00 bits per heavy atom. The molecule has 0 aromatic carbocycles. The topological polar surface area (TPSA) is 17.1 Å². The lowest BCUT2D eigenvalue weighted by Crippen LogP contribution is -1.50. The molecule has 1 heteroatoms. The second-order valence-corrected chi connectivity index (χ2v) is 0.495. The first-order chi connectivity index (χ1) is 3.56. The third-order valence-electron chi connectivity index (χ3n) is 0.175. The number of allylic oxidation sites excluding steroid dienone is 2. The molecule has 0 atom stereocenters. The highest BCUT2D eigenvalue weighted by molar-refractivity contribution is 5.64. The summed E-state index contributed by atoms with van der Waals surface area (Å²) in [7, 11) is 0. The van der Waals surface area contributed by atoms with Crippen molar-refractivity contribution in [1.29, 1.82) is 0 Å². The van der Waals surface area contributed by atoms with Crippen LogP contribution < -0.4 is 0 Å². The summed E-state index contributed by atoms with van der Waals surface area (Å²) in [6.45, 7) is -2.11. The van der Waals surface area contributed by atoms with E-state index in [9.17, 15) is 4.79 Å². The van der Waals surface area contributed by atoms with Gasteiger partial charge in [0.15, 0.2) is 0 Å². The van der Waals surface area contributed by atoms with Gasteiger partial charge in [-0.25, -0.2) is 0 Å². The molecule has 0 fully saturated rings. The maximum atomic E-state index is 9.51. The Hall–Kier alpha value is -0.590. The van der Waals surface area contributed by atoms with Crippen LogP contribution in [0.4, 0.5) is 0 Å². The lowest BCUT2D eigenvalue weighted by atomic mass is 10.6. The van der Waals surface area contributed by atoms with Crippen LogP contribution in [0.25, 0.3) is 0 Å². The third-order valence-corrected chi connectivity index (χ3v) is 0.175. The van der Waals surface area contributed by atoms with Crippen LogP contribution in [0.15, 0.2) is 12.2 Å². The van der Waals surface area contributed by atoms with E-state index in [0.29, 0.717) is 6.29 Å². The molecule has 0 amide bonds. The van der Waals surface area contributed by atoms with E-state index in [2.05, 4.69) is 0 Å². The van der Waals surface area contributed by atoms with Gasteiger partial charge in [-0.1, -0.05) is 6.08 Å². The highest BCUT2D eigenvalue weighted by Gasteiger charge is 1.48. The smallest absolute Gasteiger partial charge is 0.142 e. The number of hydrogen-bond acceptors (Lipinski definition) is 1. The van der Waals surface area contributed by atoms with Crippen molar-refractivity contribution in [2.24, 2.45) is 0 Å². The number of aldehydes is 1. The predicted octanol–water partition coefficient (Wildman–Crippen LogP) is 0.761. The second-order valence-electron chi connectivity index (χ2n) is 0.495. The first-order valence-electron chi connectivity index (χ1n) is 2.69. The molecular weight excluding hydrogens is 64.0 g/mol. The van der Waals surface area contributed by atoms with E-state index < -0.39 is 6.85 Å². The summed E-state index contributed by atoms with van der Waals surface area (Å²) in [5, 5.41) is 0. The van der Waals surface area contributed by atoms with Crippen molar-refractivity contribution in [1.82, 2.24) is 0 Å². The van der Waals surface area contributed by atoms with Gasteiger partial charge in [0.25, 0.3) is 0 Å². The second kappa shape index (κ2) is 3.41. The first-order valence-corrected chi connectivity index (χ1v) is 1.19. The van der Waals surface area contributed by atoms with Crippen LogP contribution in [0.2, 0.25) is 0 Å². The monoisotopic (exact) mass is 73.1 g/mol. The summed E-state index contributed by atoms with van der Waals surface area (Å²) in [5.41, 5.74) is 0. The lowest BCUT2D eigenvalue weighted by molar-refractivity contribution is -0.104. The maximum absolute atomic E-state index is 9.51. The summed E-state index contributed by atoms with van der Waals surface area (Å²) >= 11 is 0. The Kier molecular flexibility index (Phi) is 0.851. The van der Waals surface area contributed by atoms with Crippen LogP contribution in [-0.4, -0.2) is 6.29 Å². The van der Waals surface area contributed by atoms with Crippen LogP contribution in [-0.2, 0) is 4.79 Å². The number of rotatable bonds is 1. The van der Waals surface area contributed by atoms with Gasteiger partial charge in [0.2, 0.25) is 0 Å². The molecule has 5 heavy (non-hydrogen) atoms. The quantitative estimate of drug-likeness (QED) is 0.331. The van der Waals surface area contributed by atoms with Crippen LogP contribution in [0.5, 0.6) is 0 Å². The average molecular weight is 73.1 g/mol. The normalized spacial score (nSPS) is 20.4. The summed E-state index contributed by atoms with van der Waals surface area (Å²) in [4.78, 5) is 9.51. The number of carbonyl (C=O) groups excluding carboxylic acids is 1. The van der Waals surface area contributed by atoms with Crippen molar-refractivity contribution in [2.45, 2.75) is 6.85 Å². The van der Waals surface area contributed by atoms with Crippen molar-refractivity contribution in [3.8, 4) is 0 Å². The molecule has 0 saturated carbocycles. The van der Waals surface area contributed by atoms with Gasteiger partial charge < -0.3 is 0 Å². The Morgan fingerprint density at radius 2 is 2.80 bits per heavy atom. The highest BCUT2D eigenvalue weighted by atomic mass is 16.1. The molecule has 0 aromatic rings. The van der Waals surface area contributed by atoms with Gasteiger partial charge in [-0.15, -0.1) is 0 Å². The Labute approximate surface area is 35.5 Å². The SMILES string of the molecule is [2H]C([2H])([2H])C=CC=O. The minimum absolute atomic E-state index is 0.437. The molecule has 0 aromatic heterocycles. The highest BCUT2D eigenvalue weighted by Crippen LogP contribution is 1.55. The summed E-state index contributed by atoms with van der Waals surface area (Å²) < 4.78 is 19.6. The minimum Gasteiger partial charge on any atom is -0.299 e. The Bertz CT molecular complexity index is 102. The molecule has 28 valence electrons. The van der Waals surface area contributed by atoms with E-state index in [1.165, 1.54) is 0 Å². The zero-order valence-corrected chi connectivity index (χ0v) is 2.64. The van der Waals surface area contributed by atoms with Crippen molar-refractivity contribution in [2.75, 3.05) is 0 Å². The van der Waals surface area contributed by atoms with Crippen LogP contribution in [0.3, 0.4) is 0 Å². The third kappa shape index (κ3) is 3.41. The van der Waals surface area contributed by atoms with E-state index >= 15 is 0 Å². The molecule has 0 N–H and O–H groups in total. The van der Waals surface area contributed by atoms with Gasteiger partial charge in [-0.2, -0.15) is 0 Å². The molecule has 0 aliphatic carbocycles. The van der Waals surface area contributed by atoms with Crippen LogP contribution >= 0.6 is 0 Å². The van der Waals surface area contributed by atoms with Gasteiger partial charge in [0, 0.05) is 4.11 Å². The van der Waals surface area contributed by atoms with Gasteiger partial charge >= 0.3 is 0 Å². The molecule has 0 saturated heterocycles.